The molecule has 0 aromatic heterocycles. The molecule has 2 unspecified atom stereocenters. The lowest BCUT2D eigenvalue weighted by molar-refractivity contribution is -0.132. The number of hydrogen-bond acceptors (Lipinski definition) is 4. The Morgan fingerprint density at radius 3 is 2.50 bits per heavy atom. The molecular weight excluding hydrogens is 328 g/mol. The van der Waals surface area contributed by atoms with E-state index in [1.165, 1.54) is 0 Å². The molecule has 0 saturated carbocycles. The molecule has 0 radical (unpaired) electrons. The first-order chi connectivity index (χ1) is 11.5. The van der Waals surface area contributed by atoms with Crippen LogP contribution in [0.1, 0.15) is 31.7 Å². The summed E-state index contributed by atoms with van der Waals surface area (Å²) in [5.41, 5.74) is -0.488. The van der Waals surface area contributed by atoms with Gasteiger partial charge in [0.25, 0.3) is 5.91 Å². The molecule has 1 N–H and O–H groups in total. The molecule has 2 atom stereocenters. The van der Waals surface area contributed by atoms with Crippen LogP contribution in [0.25, 0.3) is 0 Å². The molecule has 124 valence electrons. The Bertz CT molecular complexity index is 720. The van der Waals surface area contributed by atoms with Crippen molar-refractivity contribution >= 4 is 23.5 Å². The van der Waals surface area contributed by atoms with Crippen molar-refractivity contribution in [2.75, 3.05) is 6.54 Å². The van der Waals surface area contributed by atoms with Gasteiger partial charge in [-0.05, 0) is 30.5 Å². The predicted molar refractivity (Wildman–Crippen MR) is 87.6 cm³/mol. The number of imide groups is 1. The molecule has 1 heterocycles. The Balaban J connectivity index is 2.27. The molecule has 1 aliphatic heterocycles. The fourth-order valence-corrected chi connectivity index (χ4v) is 2.95. The minimum atomic E-state index is -1.14. The monoisotopic (exact) mass is 344 g/mol. The van der Waals surface area contributed by atoms with Gasteiger partial charge >= 0.3 is 6.03 Å². The average molecular weight is 345 g/mol. The Hall–Kier alpha value is -2.57. The van der Waals surface area contributed by atoms with Crippen molar-refractivity contribution in [3.05, 3.63) is 34.9 Å². The van der Waals surface area contributed by atoms with Gasteiger partial charge in [-0.25, -0.2) is 4.79 Å². The molecule has 1 saturated heterocycles. The van der Waals surface area contributed by atoms with Gasteiger partial charge in [0, 0.05) is 18.0 Å². The third-order valence-electron chi connectivity index (χ3n) is 4.23. The fraction of sp³-hybridized carbons (Fsp3) is 0.412. The Morgan fingerprint density at radius 1 is 1.29 bits per heavy atom. The standard InChI is InChI=1S/C17H17ClN4O2/c1-2-17(13-5-7-14(18)8-6-13)15(23)22(16(24)21-17)11-12(10-20)4-3-9-19/h5-8,12H,2-4,11H2,1H3,(H,21,24). The number of nitrogens with one attached hydrogen (secondary N) is 1. The highest BCUT2D eigenvalue weighted by Crippen LogP contribution is 2.33. The van der Waals surface area contributed by atoms with E-state index in [1.807, 2.05) is 13.0 Å². The van der Waals surface area contributed by atoms with Crippen LogP contribution in [0.4, 0.5) is 4.79 Å². The van der Waals surface area contributed by atoms with E-state index >= 15 is 0 Å². The molecule has 1 fully saturated rings. The Kier molecular flexibility index (Phi) is 5.43. The topological polar surface area (TPSA) is 97.0 Å². The van der Waals surface area contributed by atoms with Crippen LogP contribution in [0.5, 0.6) is 0 Å². The Morgan fingerprint density at radius 2 is 1.96 bits per heavy atom. The zero-order chi connectivity index (χ0) is 17.7. The van der Waals surface area contributed by atoms with E-state index in [2.05, 4.69) is 11.4 Å². The molecule has 1 aromatic rings. The molecule has 1 aliphatic rings. The summed E-state index contributed by atoms with van der Waals surface area (Å²) in [7, 11) is 0. The first-order valence-electron chi connectivity index (χ1n) is 7.65. The molecule has 7 heteroatoms. The largest absolute Gasteiger partial charge is 0.325 e. The van der Waals surface area contributed by atoms with Crippen molar-refractivity contribution in [1.82, 2.24) is 10.2 Å². The van der Waals surface area contributed by atoms with Crippen molar-refractivity contribution in [2.24, 2.45) is 5.92 Å². The molecule has 0 spiro atoms. The second-order valence-electron chi connectivity index (χ2n) is 5.63. The van der Waals surface area contributed by atoms with Crippen LogP contribution >= 0.6 is 11.6 Å². The number of hydrogen-bond donors (Lipinski definition) is 1. The van der Waals surface area contributed by atoms with Gasteiger partial charge in [0.2, 0.25) is 0 Å². The quantitative estimate of drug-likeness (QED) is 0.802. The van der Waals surface area contributed by atoms with Gasteiger partial charge in [0.1, 0.15) is 5.54 Å². The highest BCUT2D eigenvalue weighted by atomic mass is 35.5. The van der Waals surface area contributed by atoms with E-state index in [9.17, 15) is 14.9 Å². The summed E-state index contributed by atoms with van der Waals surface area (Å²) in [4.78, 5) is 26.3. The second-order valence-corrected chi connectivity index (χ2v) is 6.07. The van der Waals surface area contributed by atoms with E-state index < -0.39 is 17.5 Å². The molecule has 6 nitrogen and oxygen atoms in total. The number of carbonyl (C=O) groups excluding carboxylic acids is 2. The normalized spacial score (nSPS) is 21.1. The van der Waals surface area contributed by atoms with Crippen LogP contribution < -0.4 is 5.32 Å². The molecule has 24 heavy (non-hydrogen) atoms. The first kappa shape index (κ1) is 17.8. The number of carbonyl (C=O) groups is 2. The summed E-state index contributed by atoms with van der Waals surface area (Å²) in [6, 6.07) is 10.3. The summed E-state index contributed by atoms with van der Waals surface area (Å²) >= 11 is 5.89. The third-order valence-corrected chi connectivity index (χ3v) is 4.49. The maximum Gasteiger partial charge on any atom is 0.325 e. The number of urea groups is 1. The predicted octanol–water partition coefficient (Wildman–Crippen LogP) is 2.94. The zero-order valence-corrected chi connectivity index (χ0v) is 14.0. The summed E-state index contributed by atoms with van der Waals surface area (Å²) in [6.45, 7) is 1.80. The van der Waals surface area contributed by atoms with Crippen LogP contribution in [0, 0.1) is 28.6 Å². The first-order valence-corrected chi connectivity index (χ1v) is 8.03. The number of halogens is 1. The van der Waals surface area contributed by atoms with Gasteiger partial charge in [-0.3, -0.25) is 9.69 Å². The van der Waals surface area contributed by atoms with Crippen molar-refractivity contribution in [2.45, 2.75) is 31.7 Å². The van der Waals surface area contributed by atoms with Crippen LogP contribution in [-0.4, -0.2) is 23.4 Å². The van der Waals surface area contributed by atoms with Gasteiger partial charge in [0.15, 0.2) is 0 Å². The molecule has 0 bridgehead atoms. The number of amides is 3. The van der Waals surface area contributed by atoms with Gasteiger partial charge < -0.3 is 5.32 Å². The highest BCUT2D eigenvalue weighted by molar-refractivity contribution is 6.30. The van der Waals surface area contributed by atoms with Gasteiger partial charge in [-0.15, -0.1) is 0 Å². The van der Waals surface area contributed by atoms with Crippen LogP contribution in [0.2, 0.25) is 5.02 Å². The Labute approximate surface area is 145 Å². The van der Waals surface area contributed by atoms with E-state index in [1.54, 1.807) is 24.3 Å². The zero-order valence-electron chi connectivity index (χ0n) is 13.3. The number of nitriles is 2. The lowest BCUT2D eigenvalue weighted by Gasteiger charge is -2.26. The second kappa shape index (κ2) is 7.33. The van der Waals surface area contributed by atoms with Gasteiger partial charge in [-0.1, -0.05) is 30.7 Å². The summed E-state index contributed by atoms with van der Waals surface area (Å²) in [5, 5.41) is 21.1. The average Bonchev–Trinajstić information content (AvgIpc) is 2.83. The molecule has 2 rings (SSSR count). The lowest BCUT2D eigenvalue weighted by Crippen LogP contribution is -2.43. The minimum Gasteiger partial charge on any atom is -0.319 e. The van der Waals surface area contributed by atoms with Crippen molar-refractivity contribution < 1.29 is 9.59 Å². The minimum absolute atomic E-state index is 0.0157. The SMILES string of the molecule is CCC1(c2ccc(Cl)cc2)NC(=O)N(CC(C#N)CCC#N)C1=O. The molecule has 1 aromatic carbocycles. The summed E-state index contributed by atoms with van der Waals surface area (Å²) in [6.07, 6.45) is 0.910. The molecule has 3 amide bonds. The van der Waals surface area contributed by atoms with Crippen molar-refractivity contribution in [3.8, 4) is 12.1 Å². The van der Waals surface area contributed by atoms with Crippen LogP contribution in [0.3, 0.4) is 0 Å². The number of rotatable bonds is 6. The lowest BCUT2D eigenvalue weighted by atomic mass is 9.87. The highest BCUT2D eigenvalue weighted by Gasteiger charge is 2.51. The number of benzene rings is 1. The third kappa shape index (κ3) is 3.20. The van der Waals surface area contributed by atoms with Crippen molar-refractivity contribution in [1.29, 1.82) is 10.5 Å². The van der Waals surface area contributed by atoms with E-state index in [0.29, 0.717) is 23.4 Å². The van der Waals surface area contributed by atoms with Crippen LogP contribution in [0.15, 0.2) is 24.3 Å². The van der Waals surface area contributed by atoms with Crippen LogP contribution in [-0.2, 0) is 10.3 Å². The maximum absolute atomic E-state index is 12.9. The van der Waals surface area contributed by atoms with Gasteiger partial charge in [0.05, 0.1) is 18.1 Å². The smallest absolute Gasteiger partial charge is 0.319 e. The van der Waals surface area contributed by atoms with Gasteiger partial charge in [-0.2, -0.15) is 10.5 Å². The fourth-order valence-electron chi connectivity index (χ4n) is 2.82. The van der Waals surface area contributed by atoms with E-state index in [0.717, 1.165) is 4.90 Å². The summed E-state index contributed by atoms with van der Waals surface area (Å²) < 4.78 is 0. The van der Waals surface area contributed by atoms with E-state index in [4.69, 9.17) is 16.9 Å². The van der Waals surface area contributed by atoms with Crippen molar-refractivity contribution in [3.63, 3.8) is 0 Å². The molecule has 0 aliphatic carbocycles. The number of nitrogens with zero attached hydrogens (tertiary/aromatic N) is 3. The summed E-state index contributed by atoms with van der Waals surface area (Å²) in [5.74, 6) is -0.938. The maximum atomic E-state index is 12.9. The van der Waals surface area contributed by atoms with E-state index in [-0.39, 0.29) is 18.9 Å². The molecular formula is C17H17ClN4O2.